The van der Waals surface area contributed by atoms with Crippen LogP contribution in [0.15, 0.2) is 34.1 Å². The smallest absolute Gasteiger partial charge is 0.327 e. The van der Waals surface area contributed by atoms with Gasteiger partial charge in [-0.15, -0.1) is 0 Å². The van der Waals surface area contributed by atoms with Crippen LogP contribution in [0.1, 0.15) is 56.4 Å². The quantitative estimate of drug-likeness (QED) is 0.196. The van der Waals surface area contributed by atoms with Crippen LogP contribution in [0.3, 0.4) is 0 Å². The van der Waals surface area contributed by atoms with Crippen LogP contribution in [0.2, 0.25) is 0 Å². The Balaban J connectivity index is 1.41. The number of hydrogen-bond donors (Lipinski definition) is 3. The minimum atomic E-state index is -1.02. The summed E-state index contributed by atoms with van der Waals surface area (Å²) in [6.07, 6.45) is 4.02. The molecule has 0 spiro atoms. The van der Waals surface area contributed by atoms with Gasteiger partial charge in [0, 0.05) is 52.7 Å². The molecule has 1 atom stereocenters. The van der Waals surface area contributed by atoms with Gasteiger partial charge >= 0.3 is 11.7 Å². The maximum atomic E-state index is 13.0. The monoisotopic (exact) mass is 598 g/mol. The number of aliphatic imine (C=N–C) groups is 1. The third-order valence-electron chi connectivity index (χ3n) is 8.18. The highest BCUT2D eigenvalue weighted by Crippen LogP contribution is 2.26. The number of hydrogen-bond acceptors (Lipinski definition) is 10. The van der Waals surface area contributed by atoms with Gasteiger partial charge in [0.05, 0.1) is 20.1 Å². The first-order chi connectivity index (χ1) is 20.7. The second-order valence-corrected chi connectivity index (χ2v) is 11.8. The van der Waals surface area contributed by atoms with Crippen molar-refractivity contribution >= 4 is 17.6 Å². The fraction of sp³-hybridized carbons (Fsp3) is 0.645. The number of nitrogens with zero attached hydrogens (tertiary/aromatic N) is 5. The van der Waals surface area contributed by atoms with Crippen LogP contribution in [0, 0.1) is 0 Å². The van der Waals surface area contributed by atoms with Gasteiger partial charge in [0.15, 0.2) is 5.84 Å². The SMILES string of the molecule is CCCCOC1(C)N=C(N)c2[nH]c(=O)n(CCCN(CCCN3CCN(C)CC3)Cc3cccc(CC(=O)OC)c3)c2N1. The Morgan fingerprint density at radius 2 is 1.84 bits per heavy atom. The van der Waals surface area contributed by atoms with Gasteiger partial charge < -0.3 is 35.3 Å². The molecule has 4 N–H and O–H groups in total. The highest BCUT2D eigenvalue weighted by molar-refractivity contribution is 6.01. The van der Waals surface area contributed by atoms with E-state index >= 15 is 0 Å². The lowest BCUT2D eigenvalue weighted by Crippen LogP contribution is -2.45. The van der Waals surface area contributed by atoms with Crippen LogP contribution in [0.5, 0.6) is 0 Å². The third kappa shape index (κ3) is 9.40. The van der Waals surface area contributed by atoms with E-state index in [-0.39, 0.29) is 23.9 Å². The molecule has 1 aromatic carbocycles. The van der Waals surface area contributed by atoms with E-state index in [4.69, 9.17) is 15.2 Å². The molecule has 12 heteroatoms. The summed E-state index contributed by atoms with van der Waals surface area (Å²) in [5.74, 6) is -0.380. The van der Waals surface area contributed by atoms with Crippen molar-refractivity contribution in [2.75, 3.05) is 71.9 Å². The van der Waals surface area contributed by atoms with E-state index in [1.54, 1.807) is 4.57 Å². The van der Waals surface area contributed by atoms with Crippen molar-refractivity contribution in [3.63, 3.8) is 0 Å². The van der Waals surface area contributed by atoms with Gasteiger partial charge in [-0.3, -0.25) is 14.3 Å². The van der Waals surface area contributed by atoms with E-state index < -0.39 is 5.85 Å². The minimum absolute atomic E-state index is 0.217. The molecular formula is C31H50N8O4. The number of unbranched alkanes of at least 4 members (excludes halogenated alkanes) is 1. The summed E-state index contributed by atoms with van der Waals surface area (Å²) in [6.45, 7) is 13.0. The summed E-state index contributed by atoms with van der Waals surface area (Å²) >= 11 is 0. The van der Waals surface area contributed by atoms with Gasteiger partial charge in [0.25, 0.3) is 0 Å². The van der Waals surface area contributed by atoms with Crippen molar-refractivity contribution in [1.29, 1.82) is 0 Å². The fourth-order valence-electron chi connectivity index (χ4n) is 5.66. The molecule has 0 radical (unpaired) electrons. The van der Waals surface area contributed by atoms with Crippen LogP contribution in [-0.4, -0.2) is 108 Å². The van der Waals surface area contributed by atoms with E-state index in [1.165, 1.54) is 7.11 Å². The van der Waals surface area contributed by atoms with Gasteiger partial charge in [-0.1, -0.05) is 37.6 Å². The number of aromatic amines is 1. The zero-order valence-corrected chi connectivity index (χ0v) is 26.4. The number of carbonyl (C=O) groups excluding carboxylic acids is 1. The van der Waals surface area contributed by atoms with Gasteiger partial charge in [-0.2, -0.15) is 0 Å². The molecule has 43 heavy (non-hydrogen) atoms. The Morgan fingerprint density at radius 3 is 2.56 bits per heavy atom. The van der Waals surface area contributed by atoms with Crippen molar-refractivity contribution in [2.24, 2.45) is 10.7 Å². The number of anilines is 1. The zero-order valence-electron chi connectivity index (χ0n) is 26.4. The molecule has 12 nitrogen and oxygen atoms in total. The Kier molecular flexibility index (Phi) is 11.8. The van der Waals surface area contributed by atoms with E-state index in [1.807, 2.05) is 19.1 Å². The summed E-state index contributed by atoms with van der Waals surface area (Å²) in [5, 5.41) is 3.31. The molecule has 0 aliphatic carbocycles. The highest BCUT2D eigenvalue weighted by Gasteiger charge is 2.33. The average Bonchev–Trinajstić information content (AvgIpc) is 3.29. The number of imidazole rings is 1. The highest BCUT2D eigenvalue weighted by atomic mass is 16.5. The number of nitrogens with two attached hydrogens (primary N) is 1. The van der Waals surface area contributed by atoms with Crippen molar-refractivity contribution in [3.8, 4) is 0 Å². The first kappa shape index (κ1) is 32.7. The first-order valence-corrected chi connectivity index (χ1v) is 15.6. The molecule has 0 amide bonds. The Labute approximate surface area is 255 Å². The van der Waals surface area contributed by atoms with E-state index in [0.717, 1.165) is 89.2 Å². The van der Waals surface area contributed by atoms with Crippen LogP contribution in [0.25, 0.3) is 0 Å². The number of methoxy groups -OCH3 is 1. The van der Waals surface area contributed by atoms with Crippen molar-refractivity contribution in [2.45, 2.75) is 64.9 Å². The predicted molar refractivity (Wildman–Crippen MR) is 169 cm³/mol. The van der Waals surface area contributed by atoms with Crippen molar-refractivity contribution < 1.29 is 14.3 Å². The van der Waals surface area contributed by atoms with Crippen molar-refractivity contribution in [3.05, 3.63) is 51.6 Å². The second-order valence-electron chi connectivity index (χ2n) is 11.8. The number of aromatic nitrogens is 2. The number of nitrogens with one attached hydrogen (secondary N) is 2. The number of amidine groups is 1. The van der Waals surface area contributed by atoms with Crippen molar-refractivity contribution in [1.82, 2.24) is 24.3 Å². The Bertz CT molecular complexity index is 1280. The zero-order chi connectivity index (χ0) is 30.8. The molecule has 1 aromatic heterocycles. The normalized spacial score (nSPS) is 19.2. The van der Waals surface area contributed by atoms with Gasteiger partial charge in [-0.05, 0) is 50.5 Å². The number of esters is 1. The molecule has 1 fully saturated rings. The van der Waals surface area contributed by atoms with E-state index in [2.05, 4.69) is 56.1 Å². The number of benzene rings is 1. The molecule has 4 rings (SSSR count). The minimum Gasteiger partial charge on any atom is -0.469 e. The van der Waals surface area contributed by atoms with Gasteiger partial charge in [0.2, 0.25) is 5.85 Å². The Morgan fingerprint density at radius 1 is 1.12 bits per heavy atom. The molecule has 2 aromatic rings. The maximum Gasteiger partial charge on any atom is 0.327 e. The largest absolute Gasteiger partial charge is 0.469 e. The van der Waals surface area contributed by atoms with Gasteiger partial charge in [-0.25, -0.2) is 9.79 Å². The summed E-state index contributed by atoms with van der Waals surface area (Å²) in [6, 6.07) is 8.15. The van der Waals surface area contributed by atoms with E-state index in [0.29, 0.717) is 24.7 Å². The summed E-state index contributed by atoms with van der Waals surface area (Å²) in [7, 11) is 3.59. The number of carbonyl (C=O) groups is 1. The molecule has 2 aliphatic rings. The molecule has 238 valence electrons. The fourth-order valence-corrected chi connectivity index (χ4v) is 5.66. The lowest BCUT2D eigenvalue weighted by Gasteiger charge is -2.33. The molecular weight excluding hydrogens is 548 g/mol. The number of ether oxygens (including phenoxy) is 2. The molecule has 0 saturated carbocycles. The Hall–Kier alpha value is -3.19. The van der Waals surface area contributed by atoms with Gasteiger partial charge in [0.1, 0.15) is 11.5 Å². The summed E-state index contributed by atoms with van der Waals surface area (Å²) in [4.78, 5) is 39.5. The lowest BCUT2D eigenvalue weighted by atomic mass is 10.1. The number of piperazine rings is 1. The van der Waals surface area contributed by atoms with Crippen LogP contribution < -0.4 is 16.7 Å². The molecule has 2 aliphatic heterocycles. The third-order valence-corrected chi connectivity index (χ3v) is 8.18. The maximum absolute atomic E-state index is 13.0. The summed E-state index contributed by atoms with van der Waals surface area (Å²) in [5.41, 5.74) is 8.64. The molecule has 1 saturated heterocycles. The summed E-state index contributed by atoms with van der Waals surface area (Å²) < 4.78 is 12.6. The number of fused-ring (bicyclic) bond motifs is 1. The number of rotatable bonds is 16. The lowest BCUT2D eigenvalue weighted by molar-refractivity contribution is -0.139. The predicted octanol–water partition coefficient (Wildman–Crippen LogP) is 2.04. The second kappa shape index (κ2) is 15.5. The van der Waals surface area contributed by atoms with Crippen LogP contribution in [0.4, 0.5) is 5.82 Å². The standard InChI is InChI=1S/C31H50N8O4/c1-5-6-20-43-31(2)34-28(32)27-29(35-31)39(30(41)33-27)15-9-14-38(13-8-12-37-18-16-36(3)17-19-37)23-25-11-7-10-24(21-25)22-26(40)42-4/h7,10-11,21,35H,5-6,8-9,12-20,22-23H2,1-4H3,(H2,32,34)(H,33,41). The molecule has 0 bridgehead atoms. The number of likely N-dealkylation sites (N-methyl/N-ethyl adjacent to an activating group) is 1. The molecule has 3 heterocycles. The molecule has 1 unspecified atom stereocenters. The average molecular weight is 599 g/mol. The first-order valence-electron chi connectivity index (χ1n) is 15.6. The van der Waals surface area contributed by atoms with Crippen LogP contribution in [-0.2, 0) is 33.8 Å². The topological polar surface area (TPSA) is 133 Å². The number of H-pyrrole nitrogens is 1. The van der Waals surface area contributed by atoms with E-state index in [9.17, 15) is 9.59 Å². The van der Waals surface area contributed by atoms with Crippen LogP contribution >= 0.6 is 0 Å².